The standard InChI is InChI=1S/C17H24FN3/c1-4-14-11-16(21(5-2)20-14)12-15(19-3)10-13-8-6-7-9-17(13)18/h6-9,11,15,19H,4-5,10,12H2,1-3H3. The quantitative estimate of drug-likeness (QED) is 0.849. The second-order valence-corrected chi connectivity index (χ2v) is 5.28. The normalized spacial score (nSPS) is 12.6. The summed E-state index contributed by atoms with van der Waals surface area (Å²) in [5, 5.41) is 7.87. The topological polar surface area (TPSA) is 29.9 Å². The van der Waals surface area contributed by atoms with Crippen molar-refractivity contribution in [1.29, 1.82) is 0 Å². The van der Waals surface area contributed by atoms with Crippen molar-refractivity contribution in [3.63, 3.8) is 0 Å². The van der Waals surface area contributed by atoms with E-state index in [0.29, 0.717) is 6.42 Å². The van der Waals surface area contributed by atoms with Gasteiger partial charge in [0, 0.05) is 24.7 Å². The molecule has 4 heteroatoms. The number of benzene rings is 1. The zero-order chi connectivity index (χ0) is 15.2. The van der Waals surface area contributed by atoms with Crippen LogP contribution in [0.15, 0.2) is 30.3 Å². The maximum atomic E-state index is 13.8. The molecule has 2 rings (SSSR count). The van der Waals surface area contributed by atoms with E-state index in [1.165, 1.54) is 11.8 Å². The first kappa shape index (κ1) is 15.7. The van der Waals surface area contributed by atoms with Crippen LogP contribution in [-0.2, 0) is 25.8 Å². The summed E-state index contributed by atoms with van der Waals surface area (Å²) in [6, 6.07) is 9.36. The van der Waals surface area contributed by atoms with Gasteiger partial charge in [0.2, 0.25) is 0 Å². The van der Waals surface area contributed by atoms with Crippen LogP contribution in [0.4, 0.5) is 4.39 Å². The summed E-state index contributed by atoms with van der Waals surface area (Å²) in [5.74, 6) is -0.129. The van der Waals surface area contributed by atoms with Gasteiger partial charge < -0.3 is 5.32 Å². The summed E-state index contributed by atoms with van der Waals surface area (Å²) in [7, 11) is 1.93. The third-order valence-corrected chi connectivity index (χ3v) is 3.86. The summed E-state index contributed by atoms with van der Waals surface area (Å²) < 4.78 is 15.8. The maximum Gasteiger partial charge on any atom is 0.126 e. The first-order valence-corrected chi connectivity index (χ1v) is 7.64. The Balaban J connectivity index is 2.12. The minimum absolute atomic E-state index is 0.129. The van der Waals surface area contributed by atoms with Crippen LogP contribution in [0.2, 0.25) is 0 Å². The van der Waals surface area contributed by atoms with Crippen molar-refractivity contribution in [3.05, 3.63) is 53.1 Å². The smallest absolute Gasteiger partial charge is 0.126 e. The Hall–Kier alpha value is -1.68. The van der Waals surface area contributed by atoms with Crippen molar-refractivity contribution in [2.24, 2.45) is 0 Å². The Kier molecular flexibility index (Phi) is 5.51. The summed E-state index contributed by atoms with van der Waals surface area (Å²) in [6.07, 6.45) is 2.47. The Morgan fingerprint density at radius 1 is 1.24 bits per heavy atom. The summed E-state index contributed by atoms with van der Waals surface area (Å²) in [4.78, 5) is 0. The molecule has 114 valence electrons. The number of hydrogen-bond donors (Lipinski definition) is 1. The van der Waals surface area contributed by atoms with E-state index in [0.717, 1.165) is 30.6 Å². The average molecular weight is 289 g/mol. The van der Waals surface area contributed by atoms with Crippen LogP contribution in [0.25, 0.3) is 0 Å². The number of halogens is 1. The van der Waals surface area contributed by atoms with E-state index < -0.39 is 0 Å². The number of rotatable bonds is 7. The fourth-order valence-electron chi connectivity index (χ4n) is 2.58. The van der Waals surface area contributed by atoms with E-state index in [1.54, 1.807) is 6.07 Å². The van der Waals surface area contributed by atoms with E-state index in [2.05, 4.69) is 30.3 Å². The molecule has 0 aliphatic heterocycles. The molecule has 0 saturated carbocycles. The second-order valence-electron chi connectivity index (χ2n) is 5.28. The lowest BCUT2D eigenvalue weighted by atomic mass is 10.0. The van der Waals surface area contributed by atoms with Gasteiger partial charge in [-0.2, -0.15) is 5.10 Å². The molecule has 0 radical (unpaired) electrons. The number of likely N-dealkylation sites (N-methyl/N-ethyl adjacent to an activating group) is 1. The lowest BCUT2D eigenvalue weighted by Crippen LogP contribution is -2.31. The van der Waals surface area contributed by atoms with Crippen LogP contribution in [0.3, 0.4) is 0 Å². The van der Waals surface area contributed by atoms with Gasteiger partial charge in [0.05, 0.1) is 5.69 Å². The predicted octanol–water partition coefficient (Wildman–Crippen LogP) is 2.98. The fourth-order valence-corrected chi connectivity index (χ4v) is 2.58. The van der Waals surface area contributed by atoms with Crippen LogP contribution >= 0.6 is 0 Å². The molecule has 1 aromatic heterocycles. The molecular formula is C17H24FN3. The Labute approximate surface area is 126 Å². The summed E-state index contributed by atoms with van der Waals surface area (Å²) >= 11 is 0. The van der Waals surface area contributed by atoms with Gasteiger partial charge in [-0.1, -0.05) is 25.1 Å². The van der Waals surface area contributed by atoms with Crippen molar-refractivity contribution >= 4 is 0 Å². The van der Waals surface area contributed by atoms with E-state index in [-0.39, 0.29) is 11.9 Å². The van der Waals surface area contributed by atoms with Gasteiger partial charge in [-0.3, -0.25) is 4.68 Å². The van der Waals surface area contributed by atoms with Crippen LogP contribution in [0.5, 0.6) is 0 Å². The molecule has 0 fully saturated rings. The van der Waals surface area contributed by atoms with Crippen LogP contribution < -0.4 is 5.32 Å². The van der Waals surface area contributed by atoms with Gasteiger partial charge in [-0.05, 0) is 44.5 Å². The molecule has 3 nitrogen and oxygen atoms in total. The molecule has 0 amide bonds. The monoisotopic (exact) mass is 289 g/mol. The van der Waals surface area contributed by atoms with E-state index in [4.69, 9.17) is 0 Å². The lowest BCUT2D eigenvalue weighted by Gasteiger charge is -2.17. The number of aromatic nitrogens is 2. The molecule has 0 aliphatic rings. The minimum Gasteiger partial charge on any atom is -0.316 e. The SMILES string of the molecule is CCc1cc(CC(Cc2ccccc2F)NC)n(CC)n1. The lowest BCUT2D eigenvalue weighted by molar-refractivity contribution is 0.506. The van der Waals surface area contributed by atoms with Crippen molar-refractivity contribution in [3.8, 4) is 0 Å². The second kappa shape index (κ2) is 7.36. The molecule has 1 N–H and O–H groups in total. The maximum absolute atomic E-state index is 13.8. The van der Waals surface area contributed by atoms with Gasteiger partial charge >= 0.3 is 0 Å². The highest BCUT2D eigenvalue weighted by atomic mass is 19.1. The van der Waals surface area contributed by atoms with Gasteiger partial charge in [-0.25, -0.2) is 4.39 Å². The van der Waals surface area contributed by atoms with Gasteiger partial charge in [-0.15, -0.1) is 0 Å². The van der Waals surface area contributed by atoms with Crippen molar-refractivity contribution in [1.82, 2.24) is 15.1 Å². The number of nitrogens with zero attached hydrogens (tertiary/aromatic N) is 2. The molecule has 21 heavy (non-hydrogen) atoms. The average Bonchev–Trinajstić information content (AvgIpc) is 2.90. The molecule has 1 heterocycles. The number of aryl methyl sites for hydroxylation is 2. The van der Waals surface area contributed by atoms with Crippen LogP contribution in [0.1, 0.15) is 30.8 Å². The van der Waals surface area contributed by atoms with Crippen LogP contribution in [0, 0.1) is 5.82 Å². The molecule has 1 unspecified atom stereocenters. The minimum atomic E-state index is -0.129. The number of nitrogens with one attached hydrogen (secondary N) is 1. The first-order valence-electron chi connectivity index (χ1n) is 7.64. The van der Waals surface area contributed by atoms with Crippen LogP contribution in [-0.4, -0.2) is 22.9 Å². The Morgan fingerprint density at radius 2 is 2.00 bits per heavy atom. The van der Waals surface area contributed by atoms with E-state index in [1.807, 2.05) is 23.9 Å². The third kappa shape index (κ3) is 3.91. The molecular weight excluding hydrogens is 265 g/mol. The van der Waals surface area contributed by atoms with Gasteiger partial charge in [0.25, 0.3) is 0 Å². The highest BCUT2D eigenvalue weighted by Gasteiger charge is 2.14. The van der Waals surface area contributed by atoms with Gasteiger partial charge in [0.15, 0.2) is 0 Å². The molecule has 1 atom stereocenters. The number of hydrogen-bond acceptors (Lipinski definition) is 2. The van der Waals surface area contributed by atoms with Gasteiger partial charge in [0.1, 0.15) is 5.82 Å². The molecule has 0 saturated heterocycles. The fraction of sp³-hybridized carbons (Fsp3) is 0.471. The van der Waals surface area contributed by atoms with Crippen molar-refractivity contribution in [2.45, 2.75) is 45.7 Å². The van der Waals surface area contributed by atoms with E-state index >= 15 is 0 Å². The predicted molar refractivity (Wildman–Crippen MR) is 83.9 cm³/mol. The highest BCUT2D eigenvalue weighted by molar-refractivity contribution is 5.20. The van der Waals surface area contributed by atoms with Crippen molar-refractivity contribution in [2.75, 3.05) is 7.05 Å². The highest BCUT2D eigenvalue weighted by Crippen LogP contribution is 2.14. The Morgan fingerprint density at radius 3 is 2.62 bits per heavy atom. The molecule has 0 aliphatic carbocycles. The summed E-state index contributed by atoms with van der Waals surface area (Å²) in [5.41, 5.74) is 3.09. The zero-order valence-corrected chi connectivity index (χ0v) is 13.1. The largest absolute Gasteiger partial charge is 0.316 e. The third-order valence-electron chi connectivity index (χ3n) is 3.86. The molecule has 0 spiro atoms. The summed E-state index contributed by atoms with van der Waals surface area (Å²) in [6.45, 7) is 5.08. The molecule has 0 bridgehead atoms. The van der Waals surface area contributed by atoms with Crippen molar-refractivity contribution < 1.29 is 4.39 Å². The molecule has 2 aromatic rings. The van der Waals surface area contributed by atoms with E-state index in [9.17, 15) is 4.39 Å². The Bertz CT molecular complexity index is 577. The molecule has 1 aromatic carbocycles. The zero-order valence-electron chi connectivity index (χ0n) is 13.1. The first-order chi connectivity index (χ1) is 10.2.